The van der Waals surface area contributed by atoms with Crippen molar-refractivity contribution in [1.29, 1.82) is 0 Å². The van der Waals surface area contributed by atoms with Crippen LogP contribution in [0.1, 0.15) is 30.2 Å². The summed E-state index contributed by atoms with van der Waals surface area (Å²) in [6.45, 7) is 4.98. The SMILES string of the molecule is CCC(N)Cc1c(C)nn(C)c1N(C)Cc1cccnc1. The Morgan fingerprint density at radius 3 is 2.81 bits per heavy atom. The van der Waals surface area contributed by atoms with E-state index in [2.05, 4.69) is 41.9 Å². The molecule has 0 amide bonds. The van der Waals surface area contributed by atoms with Gasteiger partial charge >= 0.3 is 0 Å². The Kier molecular flexibility index (Phi) is 4.96. The van der Waals surface area contributed by atoms with E-state index < -0.39 is 0 Å². The van der Waals surface area contributed by atoms with E-state index in [1.165, 1.54) is 11.1 Å². The molecule has 2 aromatic rings. The molecule has 2 rings (SSSR count). The molecule has 0 radical (unpaired) electrons. The first kappa shape index (κ1) is 15.5. The van der Waals surface area contributed by atoms with Gasteiger partial charge in [-0.15, -0.1) is 0 Å². The summed E-state index contributed by atoms with van der Waals surface area (Å²) in [5.74, 6) is 1.14. The maximum atomic E-state index is 6.14. The van der Waals surface area contributed by atoms with Crippen LogP contribution in [0.2, 0.25) is 0 Å². The Balaban J connectivity index is 2.25. The van der Waals surface area contributed by atoms with Gasteiger partial charge in [-0.2, -0.15) is 5.10 Å². The highest BCUT2D eigenvalue weighted by Gasteiger charge is 2.18. The van der Waals surface area contributed by atoms with E-state index in [-0.39, 0.29) is 6.04 Å². The molecule has 1 unspecified atom stereocenters. The molecule has 2 heterocycles. The fourth-order valence-electron chi connectivity index (χ4n) is 2.65. The van der Waals surface area contributed by atoms with Crippen molar-refractivity contribution in [2.24, 2.45) is 12.8 Å². The van der Waals surface area contributed by atoms with Crippen LogP contribution in [-0.4, -0.2) is 27.9 Å². The van der Waals surface area contributed by atoms with Gasteiger partial charge in [-0.25, -0.2) is 0 Å². The molecule has 114 valence electrons. The van der Waals surface area contributed by atoms with Crippen LogP contribution < -0.4 is 10.6 Å². The van der Waals surface area contributed by atoms with Crippen molar-refractivity contribution in [2.75, 3.05) is 11.9 Å². The van der Waals surface area contributed by atoms with Crippen molar-refractivity contribution >= 4 is 5.82 Å². The van der Waals surface area contributed by atoms with Crippen LogP contribution in [0.4, 0.5) is 5.82 Å². The van der Waals surface area contributed by atoms with Gasteiger partial charge in [-0.05, 0) is 31.4 Å². The number of rotatable bonds is 6. The monoisotopic (exact) mass is 287 g/mol. The van der Waals surface area contributed by atoms with Gasteiger partial charge in [0.15, 0.2) is 0 Å². The molecule has 2 aromatic heterocycles. The summed E-state index contributed by atoms with van der Waals surface area (Å²) in [5.41, 5.74) is 9.64. The number of pyridine rings is 1. The highest BCUT2D eigenvalue weighted by Crippen LogP contribution is 2.25. The van der Waals surface area contributed by atoms with Crippen LogP contribution in [0.15, 0.2) is 24.5 Å². The van der Waals surface area contributed by atoms with Gasteiger partial charge in [-0.3, -0.25) is 9.67 Å². The lowest BCUT2D eigenvalue weighted by Gasteiger charge is -2.22. The quantitative estimate of drug-likeness (QED) is 0.883. The standard InChI is InChI=1S/C16H25N5/c1-5-14(17)9-15-12(2)19-21(4)16(15)20(3)11-13-7-6-8-18-10-13/h6-8,10,14H,5,9,11,17H2,1-4H3. The summed E-state index contributed by atoms with van der Waals surface area (Å²) in [6, 6.07) is 4.23. The highest BCUT2D eigenvalue weighted by atomic mass is 15.4. The van der Waals surface area contributed by atoms with E-state index in [9.17, 15) is 0 Å². The first-order chi connectivity index (χ1) is 10.0. The van der Waals surface area contributed by atoms with Crippen LogP contribution in [0.3, 0.4) is 0 Å². The van der Waals surface area contributed by atoms with Gasteiger partial charge in [0.05, 0.1) is 5.69 Å². The molecule has 0 aromatic carbocycles. The normalized spacial score (nSPS) is 12.4. The summed E-state index contributed by atoms with van der Waals surface area (Å²) in [6.07, 6.45) is 5.53. The molecule has 21 heavy (non-hydrogen) atoms. The zero-order valence-corrected chi connectivity index (χ0v) is 13.4. The van der Waals surface area contributed by atoms with Gasteiger partial charge in [0.1, 0.15) is 5.82 Å². The van der Waals surface area contributed by atoms with E-state index in [0.717, 1.165) is 30.9 Å². The third kappa shape index (κ3) is 3.61. The van der Waals surface area contributed by atoms with Crippen molar-refractivity contribution in [3.05, 3.63) is 41.3 Å². The third-order valence-electron chi connectivity index (χ3n) is 3.81. The minimum absolute atomic E-state index is 0.179. The maximum Gasteiger partial charge on any atom is 0.130 e. The lowest BCUT2D eigenvalue weighted by atomic mass is 10.0. The number of aryl methyl sites for hydroxylation is 2. The average Bonchev–Trinajstić information content (AvgIpc) is 2.74. The zero-order valence-electron chi connectivity index (χ0n) is 13.4. The van der Waals surface area contributed by atoms with E-state index in [4.69, 9.17) is 5.73 Å². The Bertz CT molecular complexity index is 576. The van der Waals surface area contributed by atoms with Crippen molar-refractivity contribution < 1.29 is 0 Å². The second-order valence-electron chi connectivity index (χ2n) is 5.60. The molecule has 0 fully saturated rings. The molecule has 0 saturated carbocycles. The predicted molar refractivity (Wildman–Crippen MR) is 86.3 cm³/mol. The molecular weight excluding hydrogens is 262 g/mol. The van der Waals surface area contributed by atoms with Crippen LogP contribution in [0, 0.1) is 6.92 Å². The Morgan fingerprint density at radius 2 is 2.19 bits per heavy atom. The van der Waals surface area contributed by atoms with Crippen LogP contribution in [-0.2, 0) is 20.0 Å². The minimum atomic E-state index is 0.179. The molecule has 0 aliphatic heterocycles. The molecule has 5 heteroatoms. The predicted octanol–water partition coefficient (Wildman–Crippen LogP) is 2.04. The lowest BCUT2D eigenvalue weighted by Crippen LogP contribution is -2.25. The Morgan fingerprint density at radius 1 is 1.43 bits per heavy atom. The molecule has 0 saturated heterocycles. The highest BCUT2D eigenvalue weighted by molar-refractivity contribution is 5.50. The molecular formula is C16H25N5. The summed E-state index contributed by atoms with van der Waals surface area (Å²) in [7, 11) is 4.08. The maximum absolute atomic E-state index is 6.14. The van der Waals surface area contributed by atoms with Crippen molar-refractivity contribution in [3.63, 3.8) is 0 Å². The lowest BCUT2D eigenvalue weighted by molar-refractivity contribution is 0.642. The Labute approximate surface area is 126 Å². The van der Waals surface area contributed by atoms with Crippen molar-refractivity contribution in [3.8, 4) is 0 Å². The van der Waals surface area contributed by atoms with Gasteiger partial charge in [0.2, 0.25) is 0 Å². The number of aromatic nitrogens is 3. The van der Waals surface area contributed by atoms with E-state index in [1.54, 1.807) is 6.20 Å². The second kappa shape index (κ2) is 6.72. The topological polar surface area (TPSA) is 60.0 Å². The molecule has 5 nitrogen and oxygen atoms in total. The van der Waals surface area contributed by atoms with Gasteiger partial charge in [0.25, 0.3) is 0 Å². The Hall–Kier alpha value is -1.88. The zero-order chi connectivity index (χ0) is 15.4. The molecule has 0 bridgehead atoms. The molecule has 0 aliphatic carbocycles. The summed E-state index contributed by atoms with van der Waals surface area (Å²) >= 11 is 0. The largest absolute Gasteiger partial charge is 0.355 e. The molecule has 0 spiro atoms. The van der Waals surface area contributed by atoms with Crippen LogP contribution in [0.25, 0.3) is 0 Å². The number of hydrogen-bond acceptors (Lipinski definition) is 4. The average molecular weight is 287 g/mol. The number of anilines is 1. The fourth-order valence-corrected chi connectivity index (χ4v) is 2.65. The minimum Gasteiger partial charge on any atom is -0.355 e. The number of hydrogen-bond donors (Lipinski definition) is 1. The van der Waals surface area contributed by atoms with Crippen molar-refractivity contribution in [2.45, 2.75) is 39.3 Å². The second-order valence-corrected chi connectivity index (χ2v) is 5.60. The summed E-state index contributed by atoms with van der Waals surface area (Å²) in [4.78, 5) is 6.39. The fraction of sp³-hybridized carbons (Fsp3) is 0.500. The first-order valence-corrected chi connectivity index (χ1v) is 7.41. The molecule has 1 atom stereocenters. The smallest absolute Gasteiger partial charge is 0.130 e. The van der Waals surface area contributed by atoms with Crippen molar-refractivity contribution in [1.82, 2.24) is 14.8 Å². The van der Waals surface area contributed by atoms with Gasteiger partial charge < -0.3 is 10.6 Å². The van der Waals surface area contributed by atoms with Gasteiger partial charge in [-0.1, -0.05) is 13.0 Å². The van der Waals surface area contributed by atoms with E-state index >= 15 is 0 Å². The third-order valence-corrected chi connectivity index (χ3v) is 3.81. The van der Waals surface area contributed by atoms with E-state index in [0.29, 0.717) is 0 Å². The van der Waals surface area contributed by atoms with E-state index in [1.807, 2.05) is 24.0 Å². The number of nitrogens with zero attached hydrogens (tertiary/aromatic N) is 4. The van der Waals surface area contributed by atoms with Crippen LogP contribution >= 0.6 is 0 Å². The van der Waals surface area contributed by atoms with Crippen LogP contribution in [0.5, 0.6) is 0 Å². The first-order valence-electron chi connectivity index (χ1n) is 7.41. The number of nitrogens with two attached hydrogens (primary N) is 1. The summed E-state index contributed by atoms with van der Waals surface area (Å²) in [5, 5.41) is 4.56. The molecule has 0 aliphatic rings. The van der Waals surface area contributed by atoms with Gasteiger partial charge in [0, 0.05) is 44.6 Å². The summed E-state index contributed by atoms with van der Waals surface area (Å²) < 4.78 is 1.95. The molecule has 2 N–H and O–H groups in total.